The predicted molar refractivity (Wildman–Crippen MR) is 80.3 cm³/mol. The Morgan fingerprint density at radius 3 is 2.05 bits per heavy atom. The Labute approximate surface area is 117 Å². The summed E-state index contributed by atoms with van der Waals surface area (Å²) in [5, 5.41) is 4.31. The number of carbonyl (C=O) groups excluding carboxylic acids is 1. The summed E-state index contributed by atoms with van der Waals surface area (Å²) in [7, 11) is 1.33. The number of benzene rings is 3. The third-order valence-electron chi connectivity index (χ3n) is 3.25. The van der Waals surface area contributed by atoms with Gasteiger partial charge in [0.15, 0.2) is 0 Å². The molecule has 3 rings (SSSR count). The fourth-order valence-electron chi connectivity index (χ4n) is 2.31. The first-order valence-electron chi connectivity index (χ1n) is 6.30. The molecule has 96 valence electrons. The van der Waals surface area contributed by atoms with Crippen molar-refractivity contribution in [1.29, 1.82) is 0 Å². The standard InChI is InChI=1S/C18H12O2/c1-20-18(19)11-10-17-15-8-4-2-6-13(15)12-14-7-3-5-9-16(14)17/h2-9,12H,1H3. The average molecular weight is 260 g/mol. The number of hydrogen-bond donors (Lipinski definition) is 0. The van der Waals surface area contributed by atoms with E-state index in [1.165, 1.54) is 7.11 Å². The molecule has 3 aromatic carbocycles. The summed E-state index contributed by atoms with van der Waals surface area (Å²) < 4.78 is 4.58. The van der Waals surface area contributed by atoms with Crippen molar-refractivity contribution in [3.05, 3.63) is 60.2 Å². The lowest BCUT2D eigenvalue weighted by atomic mass is 9.97. The Morgan fingerprint density at radius 2 is 1.50 bits per heavy atom. The summed E-state index contributed by atoms with van der Waals surface area (Å²) in [6.07, 6.45) is 0. The van der Waals surface area contributed by atoms with Gasteiger partial charge in [-0.1, -0.05) is 54.5 Å². The normalized spacial score (nSPS) is 10.1. The highest BCUT2D eigenvalue weighted by Crippen LogP contribution is 2.27. The second-order valence-electron chi connectivity index (χ2n) is 4.44. The summed E-state index contributed by atoms with van der Waals surface area (Å²) in [5.41, 5.74) is 0.865. The molecule has 0 unspecified atom stereocenters. The van der Waals surface area contributed by atoms with Crippen LogP contribution in [0, 0.1) is 11.8 Å². The van der Waals surface area contributed by atoms with Crippen LogP contribution < -0.4 is 0 Å². The zero-order chi connectivity index (χ0) is 13.9. The second kappa shape index (κ2) is 5.07. The van der Waals surface area contributed by atoms with E-state index >= 15 is 0 Å². The first-order chi connectivity index (χ1) is 9.79. The van der Waals surface area contributed by atoms with Gasteiger partial charge in [-0.3, -0.25) is 0 Å². The third kappa shape index (κ3) is 2.10. The zero-order valence-electron chi connectivity index (χ0n) is 11.0. The summed E-state index contributed by atoms with van der Waals surface area (Å²) >= 11 is 0. The highest BCUT2D eigenvalue weighted by molar-refractivity contribution is 6.05. The maximum Gasteiger partial charge on any atom is 0.384 e. The molecule has 0 aliphatic rings. The largest absolute Gasteiger partial charge is 0.459 e. The minimum atomic E-state index is -0.526. The maximum atomic E-state index is 11.3. The number of methoxy groups -OCH3 is 1. The van der Waals surface area contributed by atoms with Gasteiger partial charge in [-0.25, -0.2) is 4.79 Å². The van der Waals surface area contributed by atoms with Crippen LogP contribution in [-0.4, -0.2) is 13.1 Å². The quantitative estimate of drug-likeness (QED) is 0.351. The molecular formula is C18H12O2. The Bertz CT molecular complexity index is 813. The van der Waals surface area contributed by atoms with Crippen LogP contribution in [0.3, 0.4) is 0 Å². The van der Waals surface area contributed by atoms with Crippen LogP contribution in [0.5, 0.6) is 0 Å². The number of hydrogen-bond acceptors (Lipinski definition) is 2. The molecule has 0 spiro atoms. The fourth-order valence-corrected chi connectivity index (χ4v) is 2.31. The van der Waals surface area contributed by atoms with Gasteiger partial charge >= 0.3 is 5.97 Å². The van der Waals surface area contributed by atoms with E-state index in [4.69, 9.17) is 0 Å². The lowest BCUT2D eigenvalue weighted by Crippen LogP contribution is -1.95. The van der Waals surface area contributed by atoms with Gasteiger partial charge in [-0.05, 0) is 27.6 Å². The van der Waals surface area contributed by atoms with E-state index in [0.29, 0.717) is 0 Å². The lowest BCUT2D eigenvalue weighted by molar-refractivity contribution is -0.133. The lowest BCUT2D eigenvalue weighted by Gasteiger charge is -2.06. The molecule has 0 saturated heterocycles. The molecule has 0 bridgehead atoms. The van der Waals surface area contributed by atoms with E-state index in [9.17, 15) is 4.79 Å². The molecule has 2 nitrogen and oxygen atoms in total. The van der Waals surface area contributed by atoms with Crippen molar-refractivity contribution >= 4 is 27.5 Å². The Balaban J connectivity index is 2.38. The van der Waals surface area contributed by atoms with Gasteiger partial charge in [0.2, 0.25) is 0 Å². The molecule has 0 saturated carbocycles. The van der Waals surface area contributed by atoms with Crippen LogP contribution in [0.15, 0.2) is 54.6 Å². The fraction of sp³-hybridized carbons (Fsp3) is 0.0556. The van der Waals surface area contributed by atoms with Gasteiger partial charge in [-0.15, -0.1) is 0 Å². The van der Waals surface area contributed by atoms with Crippen LogP contribution in [0.25, 0.3) is 21.5 Å². The summed E-state index contributed by atoms with van der Waals surface area (Å²) in [5.74, 6) is 4.95. The number of esters is 1. The highest BCUT2D eigenvalue weighted by Gasteiger charge is 2.05. The first-order valence-corrected chi connectivity index (χ1v) is 6.30. The molecule has 0 amide bonds. The van der Waals surface area contributed by atoms with Crippen molar-refractivity contribution in [2.75, 3.05) is 7.11 Å². The van der Waals surface area contributed by atoms with E-state index in [0.717, 1.165) is 27.1 Å². The van der Waals surface area contributed by atoms with Gasteiger partial charge in [0.1, 0.15) is 0 Å². The van der Waals surface area contributed by atoms with Crippen molar-refractivity contribution in [3.8, 4) is 11.8 Å². The Kier molecular flexibility index (Phi) is 3.10. The molecule has 0 atom stereocenters. The van der Waals surface area contributed by atoms with Crippen molar-refractivity contribution in [1.82, 2.24) is 0 Å². The average Bonchev–Trinajstić information content (AvgIpc) is 2.51. The molecule has 0 heterocycles. The molecule has 2 heteroatoms. The van der Waals surface area contributed by atoms with Crippen LogP contribution in [-0.2, 0) is 9.53 Å². The van der Waals surface area contributed by atoms with Crippen LogP contribution in [0.2, 0.25) is 0 Å². The molecule has 3 aromatic rings. The van der Waals surface area contributed by atoms with Gasteiger partial charge in [0.25, 0.3) is 0 Å². The maximum absolute atomic E-state index is 11.3. The third-order valence-corrected chi connectivity index (χ3v) is 3.25. The van der Waals surface area contributed by atoms with E-state index in [-0.39, 0.29) is 0 Å². The van der Waals surface area contributed by atoms with Crippen molar-refractivity contribution < 1.29 is 9.53 Å². The molecule has 0 radical (unpaired) electrons. The van der Waals surface area contributed by atoms with Crippen molar-refractivity contribution in [2.24, 2.45) is 0 Å². The molecule has 20 heavy (non-hydrogen) atoms. The topological polar surface area (TPSA) is 26.3 Å². The van der Waals surface area contributed by atoms with E-state index in [1.54, 1.807) is 0 Å². The Hall–Kier alpha value is -2.79. The minimum Gasteiger partial charge on any atom is -0.459 e. The number of carbonyl (C=O) groups is 1. The van der Waals surface area contributed by atoms with Gasteiger partial charge in [0.05, 0.1) is 7.11 Å². The SMILES string of the molecule is COC(=O)C#Cc1c2ccccc2cc2ccccc12. The van der Waals surface area contributed by atoms with Crippen molar-refractivity contribution in [3.63, 3.8) is 0 Å². The molecule has 0 N–H and O–H groups in total. The molecule has 0 aromatic heterocycles. The highest BCUT2D eigenvalue weighted by atomic mass is 16.5. The molecule has 0 aliphatic carbocycles. The van der Waals surface area contributed by atoms with Crippen LogP contribution >= 0.6 is 0 Å². The monoisotopic (exact) mass is 260 g/mol. The second-order valence-corrected chi connectivity index (χ2v) is 4.44. The smallest absolute Gasteiger partial charge is 0.384 e. The zero-order valence-corrected chi connectivity index (χ0v) is 11.0. The number of ether oxygens (including phenoxy) is 1. The summed E-state index contributed by atoms with van der Waals surface area (Å²) in [6, 6.07) is 18.2. The van der Waals surface area contributed by atoms with Crippen LogP contribution in [0.1, 0.15) is 5.56 Å². The Morgan fingerprint density at radius 1 is 0.950 bits per heavy atom. The summed E-state index contributed by atoms with van der Waals surface area (Å²) in [4.78, 5) is 11.3. The van der Waals surface area contributed by atoms with Crippen LogP contribution in [0.4, 0.5) is 0 Å². The van der Waals surface area contributed by atoms with E-state index in [1.807, 2.05) is 48.5 Å². The van der Waals surface area contributed by atoms with Gasteiger partial charge in [0, 0.05) is 11.5 Å². The molecule has 0 aliphatic heterocycles. The molecule has 0 fully saturated rings. The van der Waals surface area contributed by atoms with E-state index in [2.05, 4.69) is 22.6 Å². The van der Waals surface area contributed by atoms with Gasteiger partial charge in [-0.2, -0.15) is 0 Å². The van der Waals surface area contributed by atoms with Gasteiger partial charge < -0.3 is 4.74 Å². The number of fused-ring (bicyclic) bond motifs is 2. The number of rotatable bonds is 0. The first kappa shape index (κ1) is 12.3. The van der Waals surface area contributed by atoms with E-state index < -0.39 is 5.97 Å². The predicted octanol–water partition coefficient (Wildman–Crippen LogP) is 3.52. The molecular weight excluding hydrogens is 248 g/mol. The van der Waals surface area contributed by atoms with Crippen molar-refractivity contribution in [2.45, 2.75) is 0 Å². The minimum absolute atomic E-state index is 0.526. The summed E-state index contributed by atoms with van der Waals surface area (Å²) in [6.45, 7) is 0.